The number of anilines is 1. The quantitative estimate of drug-likeness (QED) is 0.782. The molecule has 8 heteroatoms. The van der Waals surface area contributed by atoms with E-state index in [4.69, 9.17) is 0 Å². The molecule has 1 aromatic rings. The predicted molar refractivity (Wildman–Crippen MR) is 98.8 cm³/mol. The summed E-state index contributed by atoms with van der Waals surface area (Å²) in [6.45, 7) is 5.82. The van der Waals surface area contributed by atoms with Gasteiger partial charge in [-0.05, 0) is 45.3 Å². The molecule has 0 saturated carbocycles. The molecule has 0 bridgehead atoms. The van der Waals surface area contributed by atoms with Crippen molar-refractivity contribution in [2.24, 2.45) is 0 Å². The first kappa shape index (κ1) is 18.5. The minimum absolute atomic E-state index is 0.129. The van der Waals surface area contributed by atoms with Gasteiger partial charge < -0.3 is 15.5 Å². The van der Waals surface area contributed by atoms with Gasteiger partial charge in [-0.15, -0.1) is 0 Å². The zero-order valence-electron chi connectivity index (χ0n) is 15.0. The molecule has 7 nitrogen and oxygen atoms in total. The standard InChI is InChI=1S/C17H29N5O2S/c1-25(23,24)15-13-20-17(19-8-11-22-9-3-2-4-10-22)21-16(15)14-6-5-7-18-12-14/h13-14,18H,2-12H2,1H3,(H,19,20,21)/t14-/m0/s1. The molecule has 0 radical (unpaired) electrons. The highest BCUT2D eigenvalue weighted by molar-refractivity contribution is 7.90. The molecule has 2 aliphatic rings. The van der Waals surface area contributed by atoms with Gasteiger partial charge in [-0.3, -0.25) is 0 Å². The van der Waals surface area contributed by atoms with Gasteiger partial charge in [-0.2, -0.15) is 0 Å². The largest absolute Gasteiger partial charge is 0.353 e. The maximum Gasteiger partial charge on any atom is 0.222 e. The summed E-state index contributed by atoms with van der Waals surface area (Å²) < 4.78 is 24.2. The van der Waals surface area contributed by atoms with E-state index >= 15 is 0 Å². The van der Waals surface area contributed by atoms with Crippen LogP contribution in [0, 0.1) is 0 Å². The van der Waals surface area contributed by atoms with Crippen LogP contribution >= 0.6 is 0 Å². The Bertz CT molecular complexity index is 668. The molecule has 0 aromatic carbocycles. The number of hydrogen-bond acceptors (Lipinski definition) is 7. The molecule has 0 spiro atoms. The van der Waals surface area contributed by atoms with E-state index in [0.717, 1.165) is 52.1 Å². The van der Waals surface area contributed by atoms with Crippen molar-refractivity contribution in [3.63, 3.8) is 0 Å². The maximum atomic E-state index is 12.1. The highest BCUT2D eigenvalue weighted by Gasteiger charge is 2.25. The molecule has 2 aliphatic heterocycles. The third-order valence-corrected chi connectivity index (χ3v) is 6.14. The highest BCUT2D eigenvalue weighted by Crippen LogP contribution is 2.27. The zero-order valence-corrected chi connectivity index (χ0v) is 15.8. The monoisotopic (exact) mass is 367 g/mol. The van der Waals surface area contributed by atoms with Crippen molar-refractivity contribution < 1.29 is 8.42 Å². The van der Waals surface area contributed by atoms with Gasteiger partial charge in [-0.25, -0.2) is 18.4 Å². The summed E-state index contributed by atoms with van der Waals surface area (Å²) >= 11 is 0. The van der Waals surface area contributed by atoms with Crippen LogP contribution in [0.5, 0.6) is 0 Å². The van der Waals surface area contributed by atoms with Crippen molar-refractivity contribution >= 4 is 15.8 Å². The average Bonchev–Trinajstić information content (AvgIpc) is 2.62. The van der Waals surface area contributed by atoms with Crippen LogP contribution in [-0.2, 0) is 9.84 Å². The summed E-state index contributed by atoms with van der Waals surface area (Å²) in [5.74, 6) is 0.661. The molecule has 2 fully saturated rings. The van der Waals surface area contributed by atoms with Gasteiger partial charge in [-0.1, -0.05) is 6.42 Å². The lowest BCUT2D eigenvalue weighted by molar-refractivity contribution is 0.237. The lowest BCUT2D eigenvalue weighted by Gasteiger charge is -2.26. The van der Waals surface area contributed by atoms with Crippen molar-refractivity contribution in [1.29, 1.82) is 0 Å². The van der Waals surface area contributed by atoms with Crippen molar-refractivity contribution in [3.05, 3.63) is 11.9 Å². The van der Waals surface area contributed by atoms with Gasteiger partial charge >= 0.3 is 0 Å². The number of nitrogens with zero attached hydrogens (tertiary/aromatic N) is 3. The van der Waals surface area contributed by atoms with Crippen LogP contribution in [0.15, 0.2) is 11.1 Å². The minimum atomic E-state index is -3.33. The van der Waals surface area contributed by atoms with Gasteiger partial charge in [0.15, 0.2) is 9.84 Å². The second-order valence-corrected chi connectivity index (χ2v) is 9.07. The Hall–Kier alpha value is -1.25. The summed E-state index contributed by atoms with van der Waals surface area (Å²) in [5, 5.41) is 6.61. The van der Waals surface area contributed by atoms with Crippen LogP contribution in [0.1, 0.15) is 43.7 Å². The molecule has 0 aliphatic carbocycles. The Kier molecular flexibility index (Phi) is 6.24. The van der Waals surface area contributed by atoms with E-state index in [2.05, 4.69) is 25.5 Å². The highest BCUT2D eigenvalue weighted by atomic mass is 32.2. The summed E-state index contributed by atoms with van der Waals surface area (Å²) in [6, 6.07) is 0. The molecular formula is C17H29N5O2S. The molecule has 0 unspecified atom stereocenters. The third-order valence-electron chi connectivity index (χ3n) is 5.03. The molecule has 2 saturated heterocycles. The number of likely N-dealkylation sites (tertiary alicyclic amines) is 1. The van der Waals surface area contributed by atoms with Crippen molar-refractivity contribution in [2.75, 3.05) is 50.8 Å². The first-order valence-corrected chi connectivity index (χ1v) is 11.2. The Morgan fingerprint density at radius 1 is 1.28 bits per heavy atom. The summed E-state index contributed by atoms with van der Waals surface area (Å²) in [5.41, 5.74) is 0.658. The second kappa shape index (κ2) is 8.42. The van der Waals surface area contributed by atoms with Crippen LogP contribution in [0.3, 0.4) is 0 Å². The first-order valence-electron chi connectivity index (χ1n) is 9.28. The normalized spacial score (nSPS) is 22.7. The Labute approximate surface area is 150 Å². The number of hydrogen-bond donors (Lipinski definition) is 2. The van der Waals surface area contributed by atoms with E-state index in [1.165, 1.54) is 31.7 Å². The van der Waals surface area contributed by atoms with E-state index in [-0.39, 0.29) is 10.8 Å². The van der Waals surface area contributed by atoms with E-state index < -0.39 is 9.84 Å². The molecule has 25 heavy (non-hydrogen) atoms. The lowest BCUT2D eigenvalue weighted by atomic mass is 9.96. The zero-order chi connectivity index (χ0) is 17.7. The molecular weight excluding hydrogens is 338 g/mol. The smallest absolute Gasteiger partial charge is 0.222 e. The molecule has 3 heterocycles. The summed E-state index contributed by atoms with van der Waals surface area (Å²) in [4.78, 5) is 11.5. The fourth-order valence-electron chi connectivity index (χ4n) is 3.64. The fraction of sp³-hybridized carbons (Fsp3) is 0.765. The molecule has 1 atom stereocenters. The summed E-state index contributed by atoms with van der Waals surface area (Å²) in [6.07, 6.45) is 8.58. The van der Waals surface area contributed by atoms with Crippen LogP contribution < -0.4 is 10.6 Å². The number of piperidine rings is 2. The summed E-state index contributed by atoms with van der Waals surface area (Å²) in [7, 11) is -3.33. The predicted octanol–water partition coefficient (Wildman–Crippen LogP) is 1.24. The maximum absolute atomic E-state index is 12.1. The van der Waals surface area contributed by atoms with Crippen molar-refractivity contribution in [3.8, 4) is 0 Å². The molecule has 3 rings (SSSR count). The second-order valence-electron chi connectivity index (χ2n) is 7.09. The van der Waals surface area contributed by atoms with Crippen LogP contribution in [0.25, 0.3) is 0 Å². The van der Waals surface area contributed by atoms with E-state index in [9.17, 15) is 8.42 Å². The molecule has 0 amide bonds. The van der Waals surface area contributed by atoms with Gasteiger partial charge in [0, 0.05) is 31.8 Å². The Balaban J connectivity index is 1.69. The van der Waals surface area contributed by atoms with Crippen molar-refractivity contribution in [2.45, 2.75) is 42.9 Å². The molecule has 140 valence electrons. The van der Waals surface area contributed by atoms with E-state index in [1.54, 1.807) is 0 Å². The fourth-order valence-corrected chi connectivity index (χ4v) is 4.48. The Morgan fingerprint density at radius 3 is 2.76 bits per heavy atom. The van der Waals surface area contributed by atoms with E-state index in [1.807, 2.05) is 0 Å². The number of nitrogens with one attached hydrogen (secondary N) is 2. The number of aromatic nitrogens is 2. The van der Waals surface area contributed by atoms with Crippen LogP contribution in [0.4, 0.5) is 5.95 Å². The first-order chi connectivity index (χ1) is 12.0. The van der Waals surface area contributed by atoms with Crippen molar-refractivity contribution in [1.82, 2.24) is 20.2 Å². The minimum Gasteiger partial charge on any atom is -0.353 e. The molecule has 2 N–H and O–H groups in total. The third kappa shape index (κ3) is 5.12. The number of sulfone groups is 1. The topological polar surface area (TPSA) is 87.2 Å². The van der Waals surface area contributed by atoms with Crippen LogP contribution in [-0.4, -0.2) is 68.8 Å². The SMILES string of the molecule is CS(=O)(=O)c1cnc(NCCN2CCCCC2)nc1[C@H]1CCCNC1. The average molecular weight is 368 g/mol. The van der Waals surface area contributed by atoms with Gasteiger partial charge in [0.25, 0.3) is 0 Å². The Morgan fingerprint density at radius 2 is 2.08 bits per heavy atom. The lowest BCUT2D eigenvalue weighted by Crippen LogP contribution is -2.34. The van der Waals surface area contributed by atoms with Gasteiger partial charge in [0.2, 0.25) is 5.95 Å². The van der Waals surface area contributed by atoms with Gasteiger partial charge in [0.05, 0.1) is 11.9 Å². The molecule has 1 aromatic heterocycles. The van der Waals surface area contributed by atoms with Crippen LogP contribution in [0.2, 0.25) is 0 Å². The van der Waals surface area contributed by atoms with E-state index in [0.29, 0.717) is 11.6 Å². The van der Waals surface area contributed by atoms with Gasteiger partial charge in [0.1, 0.15) is 4.90 Å². The number of rotatable bonds is 6.